The number of nitrogens with zero attached hydrogens (tertiary/aromatic N) is 2. The second-order valence-electron chi connectivity index (χ2n) is 5.09. The molecule has 7 nitrogen and oxygen atoms in total. The average Bonchev–Trinajstić information content (AvgIpc) is 2.86. The fourth-order valence-electron chi connectivity index (χ4n) is 1.93. The summed E-state index contributed by atoms with van der Waals surface area (Å²) in [4.78, 5) is 20.1. The second-order valence-corrected chi connectivity index (χ2v) is 5.09. The van der Waals surface area contributed by atoms with Gasteiger partial charge in [-0.25, -0.2) is 9.37 Å². The molecule has 0 aliphatic heterocycles. The molecule has 3 N–H and O–H groups in total. The first-order valence-corrected chi connectivity index (χ1v) is 7.40. The first kappa shape index (κ1) is 17.5. The molecule has 0 fully saturated rings. The van der Waals surface area contributed by atoms with Gasteiger partial charge in [-0.15, -0.1) is 0 Å². The highest BCUT2D eigenvalue weighted by Crippen LogP contribution is 2.09. The molecule has 0 saturated carbocycles. The third-order valence-electron chi connectivity index (χ3n) is 3.23. The zero-order valence-electron chi connectivity index (χ0n) is 13.8. The van der Waals surface area contributed by atoms with Crippen molar-refractivity contribution in [3.63, 3.8) is 0 Å². The van der Waals surface area contributed by atoms with Crippen LogP contribution in [0.15, 0.2) is 33.7 Å². The van der Waals surface area contributed by atoms with Crippen molar-refractivity contribution in [1.29, 1.82) is 0 Å². The van der Waals surface area contributed by atoms with Crippen LogP contribution in [0.3, 0.4) is 0 Å². The van der Waals surface area contributed by atoms with Gasteiger partial charge in [-0.2, -0.15) is 0 Å². The molecule has 24 heavy (non-hydrogen) atoms. The van der Waals surface area contributed by atoms with Crippen molar-refractivity contribution in [2.24, 2.45) is 4.99 Å². The molecule has 0 saturated heterocycles. The number of carbonyl (C=O) groups excluding carboxylic acids is 1. The number of amides is 1. The van der Waals surface area contributed by atoms with Crippen LogP contribution in [0.25, 0.3) is 0 Å². The molecule has 1 amide bonds. The number of guanidine groups is 1. The summed E-state index contributed by atoms with van der Waals surface area (Å²) in [7, 11) is 1.59. The lowest BCUT2D eigenvalue weighted by Crippen LogP contribution is -2.41. The van der Waals surface area contributed by atoms with E-state index in [1.165, 1.54) is 18.2 Å². The van der Waals surface area contributed by atoms with Gasteiger partial charge < -0.3 is 20.4 Å². The number of benzene rings is 1. The highest BCUT2D eigenvalue weighted by atomic mass is 19.1. The summed E-state index contributed by atoms with van der Waals surface area (Å²) in [5.74, 6) is 1.01. The van der Waals surface area contributed by atoms with E-state index < -0.39 is 5.82 Å². The van der Waals surface area contributed by atoms with Crippen molar-refractivity contribution in [1.82, 2.24) is 15.6 Å². The predicted molar refractivity (Wildman–Crippen MR) is 89.2 cm³/mol. The fraction of sp³-hybridized carbons (Fsp3) is 0.312. The standard InChI is InChI=1S/C16H20FN5O2/c1-10-11(2)24-15(21-10)9-20-16(18-3)19-8-14(23)22-13-6-4-5-12(17)7-13/h4-7H,8-9H2,1-3H3,(H,22,23)(H2,18,19,20). The van der Waals surface area contributed by atoms with Crippen LogP contribution in [-0.2, 0) is 11.3 Å². The number of halogens is 1. The maximum absolute atomic E-state index is 13.1. The van der Waals surface area contributed by atoms with Crippen molar-refractivity contribution in [3.05, 3.63) is 47.4 Å². The van der Waals surface area contributed by atoms with E-state index in [1.807, 2.05) is 13.8 Å². The molecule has 0 aliphatic rings. The zero-order valence-corrected chi connectivity index (χ0v) is 13.8. The lowest BCUT2D eigenvalue weighted by Gasteiger charge is -2.11. The lowest BCUT2D eigenvalue weighted by atomic mass is 10.3. The van der Waals surface area contributed by atoms with E-state index in [0.717, 1.165) is 11.5 Å². The number of rotatable bonds is 5. The van der Waals surface area contributed by atoms with E-state index >= 15 is 0 Å². The summed E-state index contributed by atoms with van der Waals surface area (Å²) in [5, 5.41) is 8.45. The van der Waals surface area contributed by atoms with Crippen molar-refractivity contribution in [3.8, 4) is 0 Å². The Morgan fingerprint density at radius 3 is 2.75 bits per heavy atom. The minimum atomic E-state index is -0.408. The molecule has 1 aromatic heterocycles. The van der Waals surface area contributed by atoms with Gasteiger partial charge in [0.2, 0.25) is 11.8 Å². The van der Waals surface area contributed by atoms with Crippen LogP contribution in [0.2, 0.25) is 0 Å². The molecule has 0 aliphatic carbocycles. The summed E-state index contributed by atoms with van der Waals surface area (Å²) in [6.45, 7) is 4.04. The number of aryl methyl sites for hydroxylation is 2. The minimum Gasteiger partial charge on any atom is -0.444 e. The number of hydrogen-bond donors (Lipinski definition) is 3. The first-order valence-electron chi connectivity index (χ1n) is 7.40. The zero-order chi connectivity index (χ0) is 17.5. The summed E-state index contributed by atoms with van der Waals surface area (Å²) in [6.07, 6.45) is 0. The fourth-order valence-corrected chi connectivity index (χ4v) is 1.93. The van der Waals surface area contributed by atoms with Crippen molar-refractivity contribution >= 4 is 17.6 Å². The maximum atomic E-state index is 13.1. The van der Waals surface area contributed by atoms with Crippen LogP contribution in [-0.4, -0.2) is 30.4 Å². The maximum Gasteiger partial charge on any atom is 0.243 e. The second kappa shape index (κ2) is 8.09. The van der Waals surface area contributed by atoms with Crippen molar-refractivity contribution in [2.75, 3.05) is 18.9 Å². The van der Waals surface area contributed by atoms with E-state index in [1.54, 1.807) is 13.1 Å². The molecule has 1 heterocycles. The van der Waals surface area contributed by atoms with Crippen LogP contribution < -0.4 is 16.0 Å². The lowest BCUT2D eigenvalue weighted by molar-refractivity contribution is -0.115. The Bertz CT molecular complexity index is 722. The van der Waals surface area contributed by atoms with Gasteiger partial charge >= 0.3 is 0 Å². The number of hydrogen-bond acceptors (Lipinski definition) is 4. The molecule has 0 radical (unpaired) electrons. The summed E-state index contributed by atoms with van der Waals surface area (Å²) in [6, 6.07) is 5.70. The average molecular weight is 333 g/mol. The third-order valence-corrected chi connectivity index (χ3v) is 3.23. The molecule has 1 aromatic carbocycles. The largest absolute Gasteiger partial charge is 0.444 e. The smallest absolute Gasteiger partial charge is 0.243 e. The summed E-state index contributed by atoms with van der Waals surface area (Å²) < 4.78 is 18.5. The van der Waals surface area contributed by atoms with Crippen molar-refractivity contribution in [2.45, 2.75) is 20.4 Å². The Morgan fingerprint density at radius 2 is 2.12 bits per heavy atom. The molecular formula is C16H20FN5O2. The minimum absolute atomic E-state index is 0.0141. The number of aromatic nitrogens is 1. The number of carbonyl (C=O) groups is 1. The highest BCUT2D eigenvalue weighted by molar-refractivity contribution is 5.94. The Kier molecular flexibility index (Phi) is 5.89. The van der Waals surface area contributed by atoms with E-state index in [2.05, 4.69) is 25.9 Å². The molecule has 0 atom stereocenters. The van der Waals surface area contributed by atoms with Gasteiger partial charge in [-0.3, -0.25) is 9.79 Å². The van der Waals surface area contributed by atoms with Gasteiger partial charge in [-0.05, 0) is 32.0 Å². The van der Waals surface area contributed by atoms with Crippen LogP contribution in [0.5, 0.6) is 0 Å². The molecule has 0 bridgehead atoms. The summed E-state index contributed by atoms with van der Waals surface area (Å²) >= 11 is 0. The Hall–Kier alpha value is -2.90. The molecular weight excluding hydrogens is 313 g/mol. The molecule has 2 rings (SSSR count). The van der Waals surface area contributed by atoms with Crippen LogP contribution in [0.4, 0.5) is 10.1 Å². The van der Waals surface area contributed by atoms with Crippen LogP contribution in [0, 0.1) is 19.7 Å². The van der Waals surface area contributed by atoms with Gasteiger partial charge in [0.1, 0.15) is 11.6 Å². The van der Waals surface area contributed by atoms with Crippen LogP contribution >= 0.6 is 0 Å². The molecule has 0 spiro atoms. The molecule has 0 unspecified atom stereocenters. The Morgan fingerprint density at radius 1 is 1.33 bits per heavy atom. The monoisotopic (exact) mass is 333 g/mol. The van der Waals surface area contributed by atoms with Gasteiger partial charge in [-0.1, -0.05) is 6.07 Å². The highest BCUT2D eigenvalue weighted by Gasteiger charge is 2.08. The van der Waals surface area contributed by atoms with Crippen molar-refractivity contribution < 1.29 is 13.6 Å². The van der Waals surface area contributed by atoms with Gasteiger partial charge in [0, 0.05) is 12.7 Å². The van der Waals surface area contributed by atoms with E-state index in [4.69, 9.17) is 4.42 Å². The number of anilines is 1. The van der Waals surface area contributed by atoms with Gasteiger partial charge in [0.25, 0.3) is 0 Å². The molecule has 2 aromatic rings. The number of aliphatic imine (C=N–C) groups is 1. The van der Waals surface area contributed by atoms with E-state index in [9.17, 15) is 9.18 Å². The Labute approximate surface area is 139 Å². The first-order chi connectivity index (χ1) is 11.5. The predicted octanol–water partition coefficient (Wildman–Crippen LogP) is 1.73. The quantitative estimate of drug-likeness (QED) is 0.573. The van der Waals surface area contributed by atoms with Crippen LogP contribution in [0.1, 0.15) is 17.3 Å². The van der Waals surface area contributed by atoms with Gasteiger partial charge in [0.15, 0.2) is 5.96 Å². The molecule has 8 heteroatoms. The van der Waals surface area contributed by atoms with E-state index in [-0.39, 0.29) is 12.5 Å². The Balaban J connectivity index is 1.79. The number of oxazole rings is 1. The van der Waals surface area contributed by atoms with E-state index in [0.29, 0.717) is 24.1 Å². The third kappa shape index (κ3) is 5.08. The van der Waals surface area contributed by atoms with Gasteiger partial charge in [0.05, 0.1) is 18.8 Å². The normalized spacial score (nSPS) is 11.2. The number of nitrogens with one attached hydrogen (secondary N) is 3. The SMILES string of the molecule is CN=C(NCC(=O)Nc1cccc(F)c1)NCc1nc(C)c(C)o1. The topological polar surface area (TPSA) is 91.5 Å². The summed E-state index contributed by atoms with van der Waals surface area (Å²) in [5.41, 5.74) is 1.24. The molecule has 128 valence electrons.